The molecule has 0 saturated heterocycles. The Morgan fingerprint density at radius 3 is 2.47 bits per heavy atom. The van der Waals surface area contributed by atoms with E-state index in [1.54, 1.807) is 0 Å². The van der Waals surface area contributed by atoms with Crippen LogP contribution in [0.15, 0.2) is 24.3 Å². The normalized spacial score (nSPS) is 19.5. The summed E-state index contributed by atoms with van der Waals surface area (Å²) in [4.78, 5) is 0. The molecular formula is C17H30. The van der Waals surface area contributed by atoms with Crippen LogP contribution in [0.3, 0.4) is 0 Å². The highest BCUT2D eigenvalue weighted by atomic mass is 14.1. The molecule has 1 aliphatic carbocycles. The van der Waals surface area contributed by atoms with E-state index in [2.05, 4.69) is 31.2 Å². The molecule has 0 saturated carbocycles. The first kappa shape index (κ1) is 14.5. The molecule has 0 bridgehead atoms. The lowest BCUT2D eigenvalue weighted by molar-refractivity contribution is 0.519. The molecule has 17 heavy (non-hydrogen) atoms. The summed E-state index contributed by atoms with van der Waals surface area (Å²) in [6.07, 6.45) is 24.7. The fourth-order valence-electron chi connectivity index (χ4n) is 2.52. The van der Waals surface area contributed by atoms with E-state index in [4.69, 9.17) is 0 Å². The Kier molecular flexibility index (Phi) is 9.09. The van der Waals surface area contributed by atoms with Crippen LogP contribution in [-0.4, -0.2) is 0 Å². The van der Waals surface area contributed by atoms with E-state index in [-0.39, 0.29) is 0 Å². The summed E-state index contributed by atoms with van der Waals surface area (Å²) in [6.45, 7) is 2.26. The number of allylic oxidation sites excluding steroid dienone is 4. The maximum atomic E-state index is 2.43. The van der Waals surface area contributed by atoms with Crippen molar-refractivity contribution in [2.45, 2.75) is 77.6 Å². The molecule has 1 atom stereocenters. The van der Waals surface area contributed by atoms with Crippen molar-refractivity contribution in [3.8, 4) is 0 Å². The quantitative estimate of drug-likeness (QED) is 0.319. The van der Waals surface area contributed by atoms with E-state index in [0.717, 1.165) is 5.92 Å². The highest BCUT2D eigenvalue weighted by Crippen LogP contribution is 2.23. The molecule has 0 amide bonds. The minimum absolute atomic E-state index is 0.920. The fourth-order valence-corrected chi connectivity index (χ4v) is 2.52. The lowest BCUT2D eigenvalue weighted by Gasteiger charge is -2.06. The molecule has 0 nitrogen and oxygen atoms in total. The molecule has 0 heterocycles. The van der Waals surface area contributed by atoms with Gasteiger partial charge in [-0.3, -0.25) is 0 Å². The summed E-state index contributed by atoms with van der Waals surface area (Å²) in [5.41, 5.74) is 0. The molecular weight excluding hydrogens is 204 g/mol. The molecule has 0 aromatic carbocycles. The summed E-state index contributed by atoms with van der Waals surface area (Å²) in [7, 11) is 0. The predicted octanol–water partition coefficient (Wildman–Crippen LogP) is 6.04. The molecule has 1 rings (SSSR count). The Balaban J connectivity index is 1.78. The average molecular weight is 234 g/mol. The Hall–Kier alpha value is -0.520. The Labute approximate surface area is 108 Å². The van der Waals surface area contributed by atoms with Crippen LogP contribution in [0.2, 0.25) is 0 Å². The molecule has 1 unspecified atom stereocenters. The van der Waals surface area contributed by atoms with Gasteiger partial charge in [0.1, 0.15) is 0 Å². The fraction of sp³-hybridized carbons (Fsp3) is 0.765. The first-order valence-corrected chi connectivity index (χ1v) is 7.75. The van der Waals surface area contributed by atoms with Crippen LogP contribution in [0.5, 0.6) is 0 Å². The Bertz CT molecular complexity index is 212. The first-order valence-electron chi connectivity index (χ1n) is 7.75. The van der Waals surface area contributed by atoms with E-state index in [1.807, 2.05) is 0 Å². The second-order valence-electron chi connectivity index (χ2n) is 5.37. The number of hydrogen-bond acceptors (Lipinski definition) is 0. The highest BCUT2D eigenvalue weighted by molar-refractivity contribution is 4.95. The number of hydrogen-bond donors (Lipinski definition) is 0. The van der Waals surface area contributed by atoms with Crippen LogP contribution in [0.1, 0.15) is 77.6 Å². The molecule has 0 spiro atoms. The summed E-state index contributed by atoms with van der Waals surface area (Å²) >= 11 is 0. The van der Waals surface area contributed by atoms with Crippen LogP contribution in [0.25, 0.3) is 0 Å². The molecule has 0 aromatic heterocycles. The van der Waals surface area contributed by atoms with Crippen molar-refractivity contribution in [3.63, 3.8) is 0 Å². The van der Waals surface area contributed by atoms with Crippen molar-refractivity contribution in [1.82, 2.24) is 0 Å². The van der Waals surface area contributed by atoms with Gasteiger partial charge in [0.25, 0.3) is 0 Å². The van der Waals surface area contributed by atoms with Crippen LogP contribution in [0.4, 0.5) is 0 Å². The van der Waals surface area contributed by atoms with Crippen LogP contribution in [0, 0.1) is 5.92 Å². The van der Waals surface area contributed by atoms with Gasteiger partial charge in [0, 0.05) is 0 Å². The first-order chi connectivity index (χ1) is 8.43. The van der Waals surface area contributed by atoms with Crippen molar-refractivity contribution >= 4 is 0 Å². The zero-order valence-electron chi connectivity index (χ0n) is 11.7. The van der Waals surface area contributed by atoms with Crippen molar-refractivity contribution in [1.29, 1.82) is 0 Å². The minimum atomic E-state index is 0.920. The smallest absolute Gasteiger partial charge is 0.0231 e. The van der Waals surface area contributed by atoms with Crippen molar-refractivity contribution in [2.24, 2.45) is 5.92 Å². The topological polar surface area (TPSA) is 0 Å². The molecule has 0 heteroatoms. The van der Waals surface area contributed by atoms with Crippen LogP contribution in [-0.2, 0) is 0 Å². The molecule has 0 radical (unpaired) electrons. The monoisotopic (exact) mass is 234 g/mol. The Morgan fingerprint density at radius 2 is 1.76 bits per heavy atom. The lowest BCUT2D eigenvalue weighted by atomic mass is 10.00. The van der Waals surface area contributed by atoms with Gasteiger partial charge in [0.2, 0.25) is 0 Å². The number of unbranched alkanes of at least 4 members (excludes halogenated alkanes) is 6. The van der Waals surface area contributed by atoms with Gasteiger partial charge in [-0.1, -0.05) is 63.3 Å². The summed E-state index contributed by atoms with van der Waals surface area (Å²) < 4.78 is 0. The van der Waals surface area contributed by atoms with Gasteiger partial charge in [-0.2, -0.15) is 0 Å². The molecule has 0 aromatic rings. The zero-order chi connectivity index (χ0) is 12.2. The van der Waals surface area contributed by atoms with Gasteiger partial charge >= 0.3 is 0 Å². The van der Waals surface area contributed by atoms with Crippen molar-refractivity contribution < 1.29 is 0 Å². The van der Waals surface area contributed by atoms with Crippen LogP contribution < -0.4 is 0 Å². The third-order valence-corrected chi connectivity index (χ3v) is 3.70. The third-order valence-electron chi connectivity index (χ3n) is 3.70. The van der Waals surface area contributed by atoms with Gasteiger partial charge in [-0.15, -0.1) is 0 Å². The van der Waals surface area contributed by atoms with E-state index in [9.17, 15) is 0 Å². The summed E-state index contributed by atoms with van der Waals surface area (Å²) in [5, 5.41) is 0. The Morgan fingerprint density at radius 1 is 1.00 bits per heavy atom. The maximum Gasteiger partial charge on any atom is -0.0231 e. The average Bonchev–Trinajstić information content (AvgIpc) is 2.85. The highest BCUT2D eigenvalue weighted by Gasteiger charge is 2.07. The second-order valence-corrected chi connectivity index (χ2v) is 5.37. The van der Waals surface area contributed by atoms with Crippen LogP contribution >= 0.6 is 0 Å². The van der Waals surface area contributed by atoms with Gasteiger partial charge in [-0.25, -0.2) is 0 Å². The minimum Gasteiger partial charge on any atom is -0.0885 e. The van der Waals surface area contributed by atoms with E-state index in [0.29, 0.717) is 0 Å². The lowest BCUT2D eigenvalue weighted by Crippen LogP contribution is -1.91. The zero-order valence-corrected chi connectivity index (χ0v) is 11.7. The van der Waals surface area contributed by atoms with Crippen molar-refractivity contribution in [2.75, 3.05) is 0 Å². The second kappa shape index (κ2) is 10.6. The van der Waals surface area contributed by atoms with Gasteiger partial charge < -0.3 is 0 Å². The van der Waals surface area contributed by atoms with E-state index < -0.39 is 0 Å². The third kappa shape index (κ3) is 8.24. The largest absolute Gasteiger partial charge is 0.0885 e. The summed E-state index contributed by atoms with van der Waals surface area (Å²) in [5.74, 6) is 0.920. The maximum absolute atomic E-state index is 2.43. The van der Waals surface area contributed by atoms with Gasteiger partial charge in [0.15, 0.2) is 0 Å². The molecule has 0 aliphatic heterocycles. The van der Waals surface area contributed by atoms with E-state index in [1.165, 1.54) is 70.6 Å². The molecule has 0 N–H and O–H groups in total. The standard InChI is InChI=1S/C17H30/c1-2-3-4-5-6-7-8-9-10-11-14-17-15-12-13-16-17/h5-6,12,15,17H,2-4,7-11,13-14,16H2,1H3. The molecule has 98 valence electrons. The number of rotatable bonds is 10. The SMILES string of the molecule is CCCCC=CCCCCCCC1C=CCC1. The predicted molar refractivity (Wildman–Crippen MR) is 78.2 cm³/mol. The van der Waals surface area contributed by atoms with E-state index >= 15 is 0 Å². The van der Waals surface area contributed by atoms with Gasteiger partial charge in [0.05, 0.1) is 0 Å². The molecule has 0 fully saturated rings. The van der Waals surface area contributed by atoms with Crippen molar-refractivity contribution in [3.05, 3.63) is 24.3 Å². The molecule has 1 aliphatic rings. The van der Waals surface area contributed by atoms with Gasteiger partial charge in [-0.05, 0) is 44.4 Å². The summed E-state index contributed by atoms with van der Waals surface area (Å²) in [6, 6.07) is 0.